The van der Waals surface area contributed by atoms with Crippen LogP contribution in [0.1, 0.15) is 27.6 Å². The molecule has 2 rings (SSSR count). The number of rotatable bonds is 3. The van der Waals surface area contributed by atoms with E-state index in [2.05, 4.69) is 5.32 Å². The normalized spacial score (nSPS) is 10.3. The van der Waals surface area contributed by atoms with E-state index in [1.807, 2.05) is 0 Å². The van der Waals surface area contributed by atoms with Gasteiger partial charge in [-0.25, -0.2) is 4.39 Å². The Bertz CT molecular complexity index is 732. The summed E-state index contributed by atoms with van der Waals surface area (Å²) in [6.07, 6.45) is 0. The van der Waals surface area contributed by atoms with E-state index in [0.717, 1.165) is 6.07 Å². The van der Waals surface area contributed by atoms with Gasteiger partial charge in [0.05, 0.1) is 15.6 Å². The topological polar surface area (TPSA) is 46.2 Å². The van der Waals surface area contributed by atoms with Crippen LogP contribution in [0.15, 0.2) is 36.4 Å². The van der Waals surface area contributed by atoms with Crippen molar-refractivity contribution in [1.29, 1.82) is 0 Å². The maximum absolute atomic E-state index is 13.4. The molecule has 0 bridgehead atoms. The minimum Gasteiger partial charge on any atom is -0.322 e. The molecular formula is C15H10Cl2FNO2. The maximum atomic E-state index is 13.4. The van der Waals surface area contributed by atoms with Crippen molar-refractivity contribution in [3.63, 3.8) is 0 Å². The molecule has 2 aromatic rings. The third-order valence-corrected chi connectivity index (χ3v) is 3.38. The molecule has 0 aromatic heterocycles. The first-order valence-corrected chi connectivity index (χ1v) is 6.71. The van der Waals surface area contributed by atoms with E-state index in [0.29, 0.717) is 11.3 Å². The number of benzene rings is 2. The molecule has 0 fully saturated rings. The van der Waals surface area contributed by atoms with Gasteiger partial charge in [0.25, 0.3) is 5.91 Å². The Labute approximate surface area is 130 Å². The molecule has 1 amide bonds. The summed E-state index contributed by atoms with van der Waals surface area (Å²) in [6, 6.07) is 8.54. The largest absolute Gasteiger partial charge is 0.322 e. The maximum Gasteiger partial charge on any atom is 0.257 e. The second-order valence-electron chi connectivity index (χ2n) is 4.34. The summed E-state index contributed by atoms with van der Waals surface area (Å²) in [4.78, 5) is 23.4. The van der Waals surface area contributed by atoms with Gasteiger partial charge in [-0.1, -0.05) is 35.3 Å². The first kappa shape index (κ1) is 15.5. The fourth-order valence-corrected chi connectivity index (χ4v) is 2.18. The van der Waals surface area contributed by atoms with Crippen molar-refractivity contribution < 1.29 is 14.0 Å². The summed E-state index contributed by atoms with van der Waals surface area (Å²) in [5.74, 6) is -1.44. The highest BCUT2D eigenvalue weighted by Gasteiger charge is 2.14. The van der Waals surface area contributed by atoms with Crippen LogP contribution in [0.25, 0.3) is 0 Å². The van der Waals surface area contributed by atoms with Crippen molar-refractivity contribution in [3.8, 4) is 0 Å². The lowest BCUT2D eigenvalue weighted by molar-refractivity contribution is 0.101. The van der Waals surface area contributed by atoms with Crippen LogP contribution in [-0.4, -0.2) is 11.7 Å². The van der Waals surface area contributed by atoms with Crippen molar-refractivity contribution in [1.82, 2.24) is 0 Å². The molecule has 0 radical (unpaired) electrons. The molecule has 0 atom stereocenters. The molecule has 6 heteroatoms. The zero-order valence-electron chi connectivity index (χ0n) is 10.9. The first-order chi connectivity index (χ1) is 9.88. The van der Waals surface area contributed by atoms with E-state index in [1.165, 1.54) is 19.1 Å². The van der Waals surface area contributed by atoms with Gasteiger partial charge in [0.2, 0.25) is 0 Å². The summed E-state index contributed by atoms with van der Waals surface area (Å²) in [6.45, 7) is 1.42. The molecule has 1 N–H and O–H groups in total. The number of carbonyl (C=O) groups excluding carboxylic acids is 2. The number of amides is 1. The molecule has 0 saturated heterocycles. The fraction of sp³-hybridized carbons (Fsp3) is 0.0667. The number of ketones is 1. The monoisotopic (exact) mass is 325 g/mol. The molecule has 21 heavy (non-hydrogen) atoms. The average molecular weight is 326 g/mol. The fourth-order valence-electron chi connectivity index (χ4n) is 1.71. The molecule has 0 aliphatic carbocycles. The lowest BCUT2D eigenvalue weighted by atomic mass is 10.1. The van der Waals surface area contributed by atoms with Gasteiger partial charge in [0, 0.05) is 11.3 Å². The van der Waals surface area contributed by atoms with Crippen molar-refractivity contribution in [3.05, 3.63) is 63.4 Å². The Morgan fingerprint density at radius 2 is 1.81 bits per heavy atom. The number of carbonyl (C=O) groups is 2. The van der Waals surface area contributed by atoms with E-state index in [4.69, 9.17) is 23.2 Å². The number of hydrogen-bond donors (Lipinski definition) is 1. The predicted molar refractivity (Wildman–Crippen MR) is 80.8 cm³/mol. The van der Waals surface area contributed by atoms with Crippen LogP contribution in [0.2, 0.25) is 10.0 Å². The summed E-state index contributed by atoms with van der Waals surface area (Å²) in [5.41, 5.74) is 0.840. The van der Waals surface area contributed by atoms with Crippen molar-refractivity contribution in [2.45, 2.75) is 6.92 Å². The van der Waals surface area contributed by atoms with Crippen LogP contribution < -0.4 is 5.32 Å². The minimum absolute atomic E-state index is 0.0354. The summed E-state index contributed by atoms with van der Waals surface area (Å²) >= 11 is 11.5. The minimum atomic E-state index is -0.733. The number of Topliss-reactive ketones (excluding diaryl/α,β-unsaturated/α-hetero) is 1. The van der Waals surface area contributed by atoms with Crippen molar-refractivity contribution in [2.75, 3.05) is 5.32 Å². The lowest BCUT2D eigenvalue weighted by Gasteiger charge is -2.08. The molecule has 108 valence electrons. The number of halogens is 3. The number of hydrogen-bond acceptors (Lipinski definition) is 2. The molecule has 0 unspecified atom stereocenters. The molecule has 0 aliphatic heterocycles. The second-order valence-corrected chi connectivity index (χ2v) is 5.15. The lowest BCUT2D eigenvalue weighted by Crippen LogP contribution is -2.13. The molecule has 0 spiro atoms. The average Bonchev–Trinajstić information content (AvgIpc) is 2.43. The smallest absolute Gasteiger partial charge is 0.257 e. The van der Waals surface area contributed by atoms with Crippen LogP contribution in [0.5, 0.6) is 0 Å². The van der Waals surface area contributed by atoms with Crippen LogP contribution in [0.3, 0.4) is 0 Å². The SMILES string of the molecule is CC(=O)c1cccc(NC(=O)c2cc(F)c(Cl)cc2Cl)c1. The summed E-state index contributed by atoms with van der Waals surface area (Å²) < 4.78 is 13.4. The van der Waals surface area contributed by atoms with E-state index >= 15 is 0 Å². The number of anilines is 1. The molecule has 3 nitrogen and oxygen atoms in total. The Morgan fingerprint density at radius 1 is 1.10 bits per heavy atom. The Morgan fingerprint density at radius 3 is 2.48 bits per heavy atom. The molecule has 0 aliphatic rings. The van der Waals surface area contributed by atoms with Gasteiger partial charge in [0.15, 0.2) is 5.78 Å². The third-order valence-electron chi connectivity index (χ3n) is 2.78. The standard InChI is InChI=1S/C15H10Cl2FNO2/c1-8(20)9-3-2-4-10(5-9)19-15(21)11-6-14(18)13(17)7-12(11)16/h2-7H,1H3,(H,19,21). The predicted octanol–water partition coefficient (Wildman–Crippen LogP) is 4.59. The van der Waals surface area contributed by atoms with E-state index in [9.17, 15) is 14.0 Å². The Kier molecular flexibility index (Phi) is 4.60. The van der Waals surface area contributed by atoms with Gasteiger partial charge in [-0.15, -0.1) is 0 Å². The highest BCUT2D eigenvalue weighted by atomic mass is 35.5. The first-order valence-electron chi connectivity index (χ1n) is 5.95. The highest BCUT2D eigenvalue weighted by molar-refractivity contribution is 6.37. The van der Waals surface area contributed by atoms with Gasteiger partial charge in [0.1, 0.15) is 5.82 Å². The van der Waals surface area contributed by atoms with Gasteiger partial charge < -0.3 is 5.32 Å². The summed E-state index contributed by atoms with van der Waals surface area (Å²) in [7, 11) is 0. The summed E-state index contributed by atoms with van der Waals surface area (Å²) in [5, 5.41) is 2.44. The Balaban J connectivity index is 2.28. The van der Waals surface area contributed by atoms with Crippen LogP contribution in [-0.2, 0) is 0 Å². The zero-order valence-corrected chi connectivity index (χ0v) is 12.4. The van der Waals surface area contributed by atoms with E-state index in [1.54, 1.807) is 18.2 Å². The Hall–Kier alpha value is -1.91. The third kappa shape index (κ3) is 3.60. The van der Waals surface area contributed by atoms with Crippen LogP contribution in [0.4, 0.5) is 10.1 Å². The van der Waals surface area contributed by atoms with E-state index in [-0.39, 0.29) is 21.4 Å². The van der Waals surface area contributed by atoms with Gasteiger partial charge in [-0.3, -0.25) is 9.59 Å². The molecule has 0 saturated carbocycles. The molecular weight excluding hydrogens is 316 g/mol. The molecule has 0 heterocycles. The van der Waals surface area contributed by atoms with Crippen LogP contribution in [0, 0.1) is 5.82 Å². The van der Waals surface area contributed by atoms with Gasteiger partial charge in [-0.2, -0.15) is 0 Å². The van der Waals surface area contributed by atoms with Crippen molar-refractivity contribution >= 4 is 40.6 Å². The molecule has 2 aromatic carbocycles. The van der Waals surface area contributed by atoms with Crippen LogP contribution >= 0.6 is 23.2 Å². The zero-order chi connectivity index (χ0) is 15.6. The quantitative estimate of drug-likeness (QED) is 0.662. The van der Waals surface area contributed by atoms with Crippen molar-refractivity contribution in [2.24, 2.45) is 0 Å². The van der Waals surface area contributed by atoms with E-state index < -0.39 is 11.7 Å². The number of nitrogens with one attached hydrogen (secondary N) is 1. The second kappa shape index (κ2) is 6.24. The highest BCUT2D eigenvalue weighted by Crippen LogP contribution is 2.25. The van der Waals surface area contributed by atoms with Gasteiger partial charge in [-0.05, 0) is 31.2 Å². The van der Waals surface area contributed by atoms with Gasteiger partial charge >= 0.3 is 0 Å².